The molecule has 142 valence electrons. The van der Waals surface area contributed by atoms with Crippen molar-refractivity contribution >= 4 is 34.5 Å². The number of likely N-dealkylation sites (tertiary alicyclic amines) is 1. The number of ether oxygens (including phenoxy) is 1. The average molecular weight is 404 g/mol. The Morgan fingerprint density at radius 3 is 2.85 bits per heavy atom. The number of hydrogen-bond acceptors (Lipinski definition) is 5. The quantitative estimate of drug-likeness (QED) is 0.802. The third-order valence-electron chi connectivity index (χ3n) is 5.93. The van der Waals surface area contributed by atoms with Gasteiger partial charge in [-0.15, -0.1) is 11.3 Å². The van der Waals surface area contributed by atoms with Crippen LogP contribution < -0.4 is 10.6 Å². The number of carbonyl (C=O) groups is 1. The first-order chi connectivity index (χ1) is 13.0. The van der Waals surface area contributed by atoms with E-state index in [1.807, 2.05) is 23.5 Å². The predicted octanol–water partition coefficient (Wildman–Crippen LogP) is 3.71. The van der Waals surface area contributed by atoms with Crippen molar-refractivity contribution in [3.8, 4) is 0 Å². The van der Waals surface area contributed by atoms with Gasteiger partial charge in [0.05, 0.1) is 17.8 Å². The van der Waals surface area contributed by atoms with Gasteiger partial charge in [-0.3, -0.25) is 9.69 Å². The van der Waals surface area contributed by atoms with Crippen molar-refractivity contribution in [2.24, 2.45) is 0 Å². The van der Waals surface area contributed by atoms with E-state index in [2.05, 4.69) is 33.0 Å². The molecule has 2 fully saturated rings. The zero-order valence-corrected chi connectivity index (χ0v) is 16.5. The Kier molecular flexibility index (Phi) is 4.20. The van der Waals surface area contributed by atoms with E-state index in [1.165, 1.54) is 4.88 Å². The topological polar surface area (TPSA) is 53.6 Å². The molecule has 5 rings (SSSR count). The maximum Gasteiger partial charge on any atom is 0.255 e. The molecule has 2 N–H and O–H groups in total. The van der Waals surface area contributed by atoms with Crippen molar-refractivity contribution in [2.75, 3.05) is 25.0 Å². The zero-order chi connectivity index (χ0) is 18.5. The van der Waals surface area contributed by atoms with E-state index in [0.717, 1.165) is 44.6 Å². The van der Waals surface area contributed by atoms with Crippen molar-refractivity contribution in [1.29, 1.82) is 0 Å². The number of hydrogen-bond donors (Lipinski definition) is 2. The van der Waals surface area contributed by atoms with Gasteiger partial charge < -0.3 is 15.4 Å². The minimum Gasteiger partial charge on any atom is -0.370 e. The molecule has 1 atom stereocenters. The normalized spacial score (nSPS) is 26.8. The summed E-state index contributed by atoms with van der Waals surface area (Å²) in [5.74, 6) is -0.0815. The summed E-state index contributed by atoms with van der Waals surface area (Å²) in [6.07, 6.45) is 2.77. The Morgan fingerprint density at radius 2 is 2.07 bits per heavy atom. The number of halogens is 1. The van der Waals surface area contributed by atoms with E-state index in [0.29, 0.717) is 17.2 Å². The van der Waals surface area contributed by atoms with Crippen molar-refractivity contribution in [2.45, 2.75) is 37.1 Å². The van der Waals surface area contributed by atoms with Crippen LogP contribution >= 0.6 is 22.9 Å². The molecule has 2 saturated heterocycles. The smallest absolute Gasteiger partial charge is 0.255 e. The van der Waals surface area contributed by atoms with Crippen LogP contribution in [0.25, 0.3) is 0 Å². The van der Waals surface area contributed by atoms with Crippen molar-refractivity contribution < 1.29 is 9.53 Å². The summed E-state index contributed by atoms with van der Waals surface area (Å²) < 4.78 is 6.32. The molecule has 4 heterocycles. The first-order valence-electron chi connectivity index (χ1n) is 9.34. The second-order valence-electron chi connectivity index (χ2n) is 7.86. The highest BCUT2D eigenvalue weighted by Gasteiger charge is 2.53. The van der Waals surface area contributed by atoms with Crippen molar-refractivity contribution in [3.63, 3.8) is 0 Å². The van der Waals surface area contributed by atoms with E-state index in [1.54, 1.807) is 6.07 Å². The van der Waals surface area contributed by atoms with Crippen molar-refractivity contribution in [1.82, 2.24) is 10.2 Å². The fraction of sp³-hybridized carbons (Fsp3) is 0.450. The van der Waals surface area contributed by atoms with E-state index >= 15 is 0 Å². The molecule has 27 heavy (non-hydrogen) atoms. The number of carbonyl (C=O) groups excluding carboxylic acids is 1. The molecule has 3 aliphatic heterocycles. The first-order valence-corrected chi connectivity index (χ1v) is 10.6. The molecule has 2 spiro atoms. The van der Waals surface area contributed by atoms with E-state index in [4.69, 9.17) is 16.3 Å². The lowest BCUT2D eigenvalue weighted by molar-refractivity contribution is -0.0451. The Bertz CT molecular complexity index is 864. The van der Waals surface area contributed by atoms with Gasteiger partial charge in [0.15, 0.2) is 0 Å². The summed E-state index contributed by atoms with van der Waals surface area (Å²) in [5, 5.41) is 9.37. The minimum absolute atomic E-state index is 0.0815. The second-order valence-corrected chi connectivity index (χ2v) is 9.32. The molecule has 7 heteroatoms. The molecule has 0 saturated carbocycles. The highest BCUT2D eigenvalue weighted by Crippen LogP contribution is 2.43. The summed E-state index contributed by atoms with van der Waals surface area (Å²) in [6.45, 7) is 3.55. The van der Waals surface area contributed by atoms with Gasteiger partial charge in [-0.1, -0.05) is 17.7 Å². The number of rotatable bonds is 2. The van der Waals surface area contributed by atoms with Crippen LogP contribution in [-0.4, -0.2) is 41.8 Å². The number of thiophene rings is 1. The Morgan fingerprint density at radius 1 is 1.22 bits per heavy atom. The molecule has 1 aromatic heterocycles. The fourth-order valence-electron chi connectivity index (χ4n) is 4.54. The van der Waals surface area contributed by atoms with Gasteiger partial charge in [0.2, 0.25) is 0 Å². The van der Waals surface area contributed by atoms with Gasteiger partial charge >= 0.3 is 0 Å². The van der Waals surface area contributed by atoms with Crippen LogP contribution in [0, 0.1) is 0 Å². The number of amides is 1. The minimum atomic E-state index is -0.520. The molecule has 2 aromatic rings. The number of benzene rings is 1. The third-order valence-corrected chi connectivity index (χ3v) is 7.02. The number of piperidine rings is 1. The average Bonchev–Trinajstić information content (AvgIpc) is 3.27. The summed E-state index contributed by atoms with van der Waals surface area (Å²) in [4.78, 5) is 16.5. The fourth-order valence-corrected chi connectivity index (χ4v) is 5.46. The zero-order valence-electron chi connectivity index (χ0n) is 15.0. The van der Waals surface area contributed by atoms with Crippen LogP contribution in [0.5, 0.6) is 0 Å². The van der Waals surface area contributed by atoms with Crippen LogP contribution in [0.1, 0.15) is 34.5 Å². The summed E-state index contributed by atoms with van der Waals surface area (Å²) in [5.41, 5.74) is 0.753. The van der Waals surface area contributed by atoms with Gasteiger partial charge in [0.1, 0.15) is 5.66 Å². The number of anilines is 1. The first kappa shape index (κ1) is 17.5. The molecular weight excluding hydrogens is 382 g/mol. The highest BCUT2D eigenvalue weighted by molar-refractivity contribution is 7.09. The van der Waals surface area contributed by atoms with E-state index < -0.39 is 5.66 Å². The number of fused-ring (bicyclic) bond motifs is 1. The molecular formula is C20H22ClN3O2S. The largest absolute Gasteiger partial charge is 0.370 e. The Balaban J connectivity index is 1.28. The molecule has 1 unspecified atom stereocenters. The van der Waals surface area contributed by atoms with Gasteiger partial charge in [-0.2, -0.15) is 0 Å². The maximum absolute atomic E-state index is 12.6. The lowest BCUT2D eigenvalue weighted by Gasteiger charge is -2.41. The van der Waals surface area contributed by atoms with Gasteiger partial charge in [-0.25, -0.2) is 0 Å². The monoisotopic (exact) mass is 403 g/mol. The molecule has 5 nitrogen and oxygen atoms in total. The summed E-state index contributed by atoms with van der Waals surface area (Å²) in [6, 6.07) is 9.71. The lowest BCUT2D eigenvalue weighted by atomic mass is 9.84. The molecule has 0 aliphatic carbocycles. The second kappa shape index (κ2) is 6.48. The van der Waals surface area contributed by atoms with Crippen LogP contribution in [0.4, 0.5) is 5.69 Å². The van der Waals surface area contributed by atoms with Crippen LogP contribution in [0.15, 0.2) is 35.7 Å². The lowest BCUT2D eigenvalue weighted by Crippen LogP contribution is -2.59. The van der Waals surface area contributed by atoms with E-state index in [9.17, 15) is 4.79 Å². The SMILES string of the molecule is O=C1NC2(COC3(CCN(Cc4cccs4)CC3)C2)Nc2ccc(Cl)cc21. The summed E-state index contributed by atoms with van der Waals surface area (Å²) >= 11 is 7.85. The summed E-state index contributed by atoms with van der Waals surface area (Å²) in [7, 11) is 0. The number of nitrogens with one attached hydrogen (secondary N) is 2. The van der Waals surface area contributed by atoms with E-state index in [-0.39, 0.29) is 11.5 Å². The standard InChI is InChI=1S/C20H22ClN3O2S/c21-14-3-4-17-16(10-14)18(25)23-20(22-17)12-19(26-13-20)5-7-24(8-6-19)11-15-2-1-9-27-15/h1-4,9-10,22H,5-8,11-13H2,(H,23,25). The van der Waals surface area contributed by atoms with Crippen molar-refractivity contribution in [3.05, 3.63) is 51.2 Å². The van der Waals surface area contributed by atoms with Gasteiger partial charge in [0.25, 0.3) is 5.91 Å². The van der Waals surface area contributed by atoms with Crippen LogP contribution in [0.2, 0.25) is 5.02 Å². The Hall–Kier alpha value is -1.60. The number of nitrogens with zero attached hydrogens (tertiary/aromatic N) is 1. The molecule has 3 aliphatic rings. The molecule has 1 amide bonds. The van der Waals surface area contributed by atoms with Gasteiger partial charge in [0, 0.05) is 41.6 Å². The van der Waals surface area contributed by atoms with Crippen LogP contribution in [-0.2, 0) is 11.3 Å². The molecule has 0 bridgehead atoms. The predicted molar refractivity (Wildman–Crippen MR) is 107 cm³/mol. The molecule has 0 radical (unpaired) electrons. The Labute approximate surface area is 167 Å². The third kappa shape index (κ3) is 3.25. The highest BCUT2D eigenvalue weighted by atomic mass is 35.5. The maximum atomic E-state index is 12.6. The van der Waals surface area contributed by atoms with Gasteiger partial charge in [-0.05, 0) is 42.5 Å². The van der Waals surface area contributed by atoms with Crippen LogP contribution in [0.3, 0.4) is 0 Å². The molecule has 1 aromatic carbocycles.